The Kier molecular flexibility index (Phi) is 3.08. The Balaban J connectivity index is 1.18. The van der Waals surface area contributed by atoms with Gasteiger partial charge in [-0.25, -0.2) is 0 Å². The predicted octanol–water partition coefficient (Wildman–Crippen LogP) is 4.70. The summed E-state index contributed by atoms with van der Waals surface area (Å²) < 4.78 is 0. The zero-order chi connectivity index (χ0) is 21.6. The lowest BCUT2D eigenvalue weighted by Crippen LogP contribution is -2.64. The largest absolute Gasteiger partial charge is 0.395 e. The van der Waals surface area contributed by atoms with Gasteiger partial charge >= 0.3 is 0 Å². The number of rotatable bonds is 4. The maximum Gasteiger partial charge on any atom is 0.168 e. The van der Waals surface area contributed by atoms with Crippen molar-refractivity contribution in [1.29, 1.82) is 0 Å². The first-order valence-electron chi connectivity index (χ1n) is 12.0. The molecule has 1 aromatic rings. The number of carbonyl (C=O) groups is 2. The van der Waals surface area contributed by atoms with Crippen LogP contribution in [0.5, 0.6) is 0 Å². The van der Waals surface area contributed by atoms with Crippen LogP contribution < -0.4 is 0 Å². The first-order chi connectivity index (χ1) is 14.8. The molecule has 0 bridgehead atoms. The lowest BCUT2D eigenvalue weighted by atomic mass is 9.35. The van der Waals surface area contributed by atoms with E-state index in [1.165, 1.54) is 6.42 Å². The maximum atomic E-state index is 13.3. The van der Waals surface area contributed by atoms with E-state index in [1.54, 1.807) is 0 Å². The molecule has 1 N–H and O–H groups in total. The van der Waals surface area contributed by atoms with Crippen LogP contribution in [-0.2, 0) is 9.59 Å². The minimum absolute atomic E-state index is 0.00316. The third-order valence-electron chi connectivity index (χ3n) is 11.7. The van der Waals surface area contributed by atoms with Crippen molar-refractivity contribution in [1.82, 2.24) is 0 Å². The summed E-state index contributed by atoms with van der Waals surface area (Å²) in [6, 6.07) is 8.29. The molecule has 8 unspecified atom stereocenters. The van der Waals surface area contributed by atoms with E-state index in [0.29, 0.717) is 23.5 Å². The Hall–Kier alpha value is -2.00. The third kappa shape index (κ3) is 1.59. The standard InChI is InChI=1S/C28H30O3/c1-4-27-13-17-11-20(25(17,27)2)18(23(27)30)9-15-5-7-16(8-6-15)10-19-21-12-22-26(21,3)28(22,14-29)24(19)31/h5-10,17,20-22,29H,4,11-14H2,1-3H3/b18-9+,19-10+. The fraction of sp³-hybridized carbons (Fsp3) is 0.571. The van der Waals surface area contributed by atoms with Crippen molar-refractivity contribution in [3.8, 4) is 0 Å². The highest BCUT2D eigenvalue weighted by Crippen LogP contribution is 2.89. The number of aliphatic hydroxyl groups excluding tert-OH is 1. The number of hydrogen-bond donors (Lipinski definition) is 1. The van der Waals surface area contributed by atoms with Crippen LogP contribution in [0.3, 0.4) is 0 Å². The highest BCUT2D eigenvalue weighted by molar-refractivity contribution is 6.12. The number of fused-ring (bicyclic) bond motifs is 1. The van der Waals surface area contributed by atoms with Gasteiger partial charge in [0.25, 0.3) is 0 Å². The number of aliphatic hydroxyl groups is 1. The summed E-state index contributed by atoms with van der Waals surface area (Å²) in [6.45, 7) is 6.69. The molecule has 6 aliphatic rings. The van der Waals surface area contributed by atoms with Gasteiger partial charge in [-0.15, -0.1) is 0 Å². The number of allylic oxidation sites excluding steroid dienone is 2. The third-order valence-corrected chi connectivity index (χ3v) is 11.7. The van der Waals surface area contributed by atoms with Gasteiger partial charge in [-0.1, -0.05) is 45.0 Å². The molecule has 0 aromatic heterocycles. The van der Waals surface area contributed by atoms with E-state index in [2.05, 4.69) is 51.1 Å². The Bertz CT molecular complexity index is 1140. The van der Waals surface area contributed by atoms with Gasteiger partial charge in [0.15, 0.2) is 11.6 Å². The summed E-state index contributed by atoms with van der Waals surface area (Å²) in [4.78, 5) is 26.3. The van der Waals surface area contributed by atoms with E-state index in [0.717, 1.165) is 47.5 Å². The number of Topliss-reactive ketones (excluding diaryl/α,β-unsaturated/α-hetero) is 2. The summed E-state index contributed by atoms with van der Waals surface area (Å²) in [5.74, 6) is 2.46. The number of ketones is 2. The van der Waals surface area contributed by atoms with E-state index in [4.69, 9.17) is 0 Å². The molecule has 0 aliphatic heterocycles. The Morgan fingerprint density at radius 3 is 2.00 bits per heavy atom. The highest BCUT2D eigenvalue weighted by atomic mass is 16.3. The van der Waals surface area contributed by atoms with Crippen molar-refractivity contribution >= 4 is 23.7 Å². The second-order valence-corrected chi connectivity index (χ2v) is 11.7. The Morgan fingerprint density at radius 2 is 1.52 bits per heavy atom. The van der Waals surface area contributed by atoms with Gasteiger partial charge in [0.2, 0.25) is 0 Å². The molecule has 31 heavy (non-hydrogen) atoms. The normalized spacial score (nSPS) is 52.5. The minimum Gasteiger partial charge on any atom is -0.395 e. The first kappa shape index (κ1) is 18.6. The second kappa shape index (κ2) is 5.14. The van der Waals surface area contributed by atoms with Crippen LogP contribution >= 0.6 is 0 Å². The smallest absolute Gasteiger partial charge is 0.168 e. The van der Waals surface area contributed by atoms with Crippen LogP contribution in [0.1, 0.15) is 57.6 Å². The second-order valence-electron chi connectivity index (χ2n) is 11.7. The van der Waals surface area contributed by atoms with E-state index in [-0.39, 0.29) is 28.6 Å². The zero-order valence-corrected chi connectivity index (χ0v) is 18.6. The molecular weight excluding hydrogens is 384 g/mol. The van der Waals surface area contributed by atoms with Crippen molar-refractivity contribution in [2.45, 2.75) is 46.5 Å². The molecular formula is C28H30O3. The fourth-order valence-corrected chi connectivity index (χ4v) is 9.47. The van der Waals surface area contributed by atoms with E-state index < -0.39 is 5.41 Å². The van der Waals surface area contributed by atoms with Crippen LogP contribution in [-0.4, -0.2) is 23.3 Å². The van der Waals surface area contributed by atoms with Gasteiger partial charge in [-0.2, -0.15) is 0 Å². The molecule has 160 valence electrons. The molecule has 3 nitrogen and oxygen atoms in total. The Labute approximate surface area is 183 Å². The summed E-state index contributed by atoms with van der Waals surface area (Å²) in [6.07, 6.45) is 8.44. The molecule has 0 amide bonds. The maximum absolute atomic E-state index is 13.3. The minimum atomic E-state index is -0.484. The monoisotopic (exact) mass is 414 g/mol. The SMILES string of the molecule is CCC12CC3CC(/C(=C\c4ccc(/C=C5/C(=O)C6(CO)C7CC5C76C)cc4)C1=O)C32C. The first-order valence-corrected chi connectivity index (χ1v) is 12.0. The number of benzene rings is 1. The molecule has 6 fully saturated rings. The average Bonchev–Trinajstić information content (AvgIpc) is 3.18. The summed E-state index contributed by atoms with van der Waals surface area (Å²) in [5, 5.41) is 9.92. The van der Waals surface area contributed by atoms with E-state index in [9.17, 15) is 14.7 Å². The molecule has 3 heteroatoms. The van der Waals surface area contributed by atoms with Crippen LogP contribution in [0.2, 0.25) is 0 Å². The molecule has 0 radical (unpaired) electrons. The highest BCUT2D eigenvalue weighted by Gasteiger charge is 2.90. The molecule has 7 rings (SSSR count). The fourth-order valence-electron chi connectivity index (χ4n) is 9.47. The quantitative estimate of drug-likeness (QED) is 0.727. The predicted molar refractivity (Wildman–Crippen MR) is 119 cm³/mol. The summed E-state index contributed by atoms with van der Waals surface area (Å²) >= 11 is 0. The number of hydrogen-bond acceptors (Lipinski definition) is 3. The topological polar surface area (TPSA) is 54.4 Å². The molecule has 6 saturated carbocycles. The Morgan fingerprint density at radius 1 is 0.935 bits per heavy atom. The molecule has 0 spiro atoms. The summed E-state index contributed by atoms with van der Waals surface area (Å²) in [5.41, 5.74) is 3.70. The van der Waals surface area contributed by atoms with Crippen LogP contribution in [0.15, 0.2) is 35.4 Å². The van der Waals surface area contributed by atoms with Crippen LogP contribution in [0.25, 0.3) is 12.2 Å². The van der Waals surface area contributed by atoms with Crippen LogP contribution in [0, 0.1) is 45.3 Å². The van der Waals surface area contributed by atoms with Gasteiger partial charge in [0.1, 0.15) is 0 Å². The lowest BCUT2D eigenvalue weighted by molar-refractivity contribution is -0.206. The molecule has 1 aromatic carbocycles. The van der Waals surface area contributed by atoms with Gasteiger partial charge in [0, 0.05) is 16.6 Å². The van der Waals surface area contributed by atoms with Crippen molar-refractivity contribution in [2.24, 2.45) is 45.3 Å². The molecule has 8 atom stereocenters. The lowest BCUT2D eigenvalue weighted by Gasteiger charge is -2.68. The van der Waals surface area contributed by atoms with Gasteiger partial charge in [0.05, 0.1) is 12.0 Å². The van der Waals surface area contributed by atoms with Crippen molar-refractivity contribution < 1.29 is 14.7 Å². The zero-order valence-electron chi connectivity index (χ0n) is 18.6. The molecule has 0 saturated heterocycles. The van der Waals surface area contributed by atoms with Crippen molar-refractivity contribution in [2.75, 3.05) is 6.61 Å². The van der Waals surface area contributed by atoms with E-state index >= 15 is 0 Å². The molecule has 6 aliphatic carbocycles. The van der Waals surface area contributed by atoms with Crippen LogP contribution in [0.4, 0.5) is 0 Å². The average molecular weight is 415 g/mol. The van der Waals surface area contributed by atoms with Crippen molar-refractivity contribution in [3.63, 3.8) is 0 Å². The van der Waals surface area contributed by atoms with E-state index in [1.807, 2.05) is 6.08 Å². The van der Waals surface area contributed by atoms with Crippen molar-refractivity contribution in [3.05, 3.63) is 46.5 Å². The number of carbonyl (C=O) groups excluding carboxylic acids is 2. The van der Waals surface area contributed by atoms with Gasteiger partial charge < -0.3 is 5.11 Å². The molecule has 0 heterocycles. The summed E-state index contributed by atoms with van der Waals surface area (Å²) in [7, 11) is 0. The van der Waals surface area contributed by atoms with Gasteiger partial charge in [-0.05, 0) is 83.5 Å². The van der Waals surface area contributed by atoms with Gasteiger partial charge in [-0.3, -0.25) is 9.59 Å².